The van der Waals surface area contributed by atoms with Crippen LogP contribution >= 0.6 is 0 Å². The molecule has 1 saturated heterocycles. The third-order valence-corrected chi connectivity index (χ3v) is 3.48. The Kier molecular flexibility index (Phi) is 5.71. The average molecular weight is 291 g/mol. The molecule has 1 heterocycles. The molecular formula is C15H21N3O3. The lowest BCUT2D eigenvalue weighted by Gasteiger charge is -2.26. The summed E-state index contributed by atoms with van der Waals surface area (Å²) in [6.07, 6.45) is 1.24. The highest BCUT2D eigenvalue weighted by Gasteiger charge is 2.11. The number of nitrogens with zero attached hydrogens (tertiary/aromatic N) is 1. The Labute approximate surface area is 124 Å². The first-order valence-corrected chi connectivity index (χ1v) is 7.01. The molecule has 1 aromatic rings. The smallest absolute Gasteiger partial charge is 0.337 e. The highest BCUT2D eigenvalue weighted by Crippen LogP contribution is 2.16. The molecule has 0 spiro atoms. The largest absolute Gasteiger partial charge is 0.465 e. The molecule has 1 aromatic carbocycles. The number of anilines is 1. The van der Waals surface area contributed by atoms with Crippen LogP contribution in [0.4, 0.5) is 5.69 Å². The molecule has 0 saturated carbocycles. The first kappa shape index (κ1) is 15.5. The van der Waals surface area contributed by atoms with E-state index >= 15 is 0 Å². The Morgan fingerprint density at radius 3 is 2.90 bits per heavy atom. The van der Waals surface area contributed by atoms with Crippen molar-refractivity contribution in [3.05, 3.63) is 29.3 Å². The second kappa shape index (κ2) is 7.75. The summed E-state index contributed by atoms with van der Waals surface area (Å²) in [6.45, 7) is 5.22. The van der Waals surface area contributed by atoms with Gasteiger partial charge in [0.15, 0.2) is 0 Å². The van der Waals surface area contributed by atoms with Crippen molar-refractivity contribution < 1.29 is 14.3 Å². The standard InChI is InChI=1S/C15H21N3O3/c1-20-15(19)12-2-3-14(13(10-12)11-16)17-4-5-18-6-8-21-9-7-18/h2-3,10-11,16-17H,4-9H2,1H3. The van der Waals surface area contributed by atoms with E-state index in [1.807, 2.05) is 6.07 Å². The highest BCUT2D eigenvalue weighted by atomic mass is 16.5. The first-order valence-electron chi connectivity index (χ1n) is 7.01. The predicted octanol–water partition coefficient (Wildman–Crippen LogP) is 1.21. The summed E-state index contributed by atoms with van der Waals surface area (Å²) >= 11 is 0. The molecule has 0 aromatic heterocycles. The van der Waals surface area contributed by atoms with Crippen molar-refractivity contribution in [1.82, 2.24) is 4.90 Å². The average Bonchev–Trinajstić information content (AvgIpc) is 2.55. The molecule has 1 fully saturated rings. The molecule has 0 radical (unpaired) electrons. The number of nitrogens with one attached hydrogen (secondary N) is 2. The predicted molar refractivity (Wildman–Crippen MR) is 81.4 cm³/mol. The summed E-state index contributed by atoms with van der Waals surface area (Å²) in [6, 6.07) is 5.18. The first-order chi connectivity index (χ1) is 10.2. The third-order valence-electron chi connectivity index (χ3n) is 3.48. The van der Waals surface area contributed by atoms with Gasteiger partial charge in [-0.25, -0.2) is 4.79 Å². The highest BCUT2D eigenvalue weighted by molar-refractivity contribution is 5.94. The van der Waals surface area contributed by atoms with Crippen LogP contribution in [0.5, 0.6) is 0 Å². The Morgan fingerprint density at radius 1 is 1.48 bits per heavy atom. The van der Waals surface area contributed by atoms with Gasteiger partial charge in [-0.3, -0.25) is 4.90 Å². The van der Waals surface area contributed by atoms with E-state index in [-0.39, 0.29) is 0 Å². The number of carbonyl (C=O) groups excluding carboxylic acids is 1. The lowest BCUT2D eigenvalue weighted by molar-refractivity contribution is 0.0398. The maximum atomic E-state index is 11.5. The van der Waals surface area contributed by atoms with Crippen molar-refractivity contribution in [3.63, 3.8) is 0 Å². The van der Waals surface area contributed by atoms with Gasteiger partial charge in [-0.15, -0.1) is 0 Å². The zero-order chi connectivity index (χ0) is 15.1. The van der Waals surface area contributed by atoms with Gasteiger partial charge < -0.3 is 20.2 Å². The van der Waals surface area contributed by atoms with Crippen molar-refractivity contribution in [1.29, 1.82) is 5.41 Å². The van der Waals surface area contributed by atoms with Crippen LogP contribution in [0.1, 0.15) is 15.9 Å². The lowest BCUT2D eigenvalue weighted by Crippen LogP contribution is -2.39. The zero-order valence-corrected chi connectivity index (χ0v) is 12.2. The van der Waals surface area contributed by atoms with Gasteiger partial charge in [-0.05, 0) is 18.2 Å². The summed E-state index contributed by atoms with van der Waals surface area (Å²) in [7, 11) is 1.35. The Morgan fingerprint density at radius 2 is 2.24 bits per heavy atom. The van der Waals surface area contributed by atoms with Crippen LogP contribution in [0.25, 0.3) is 0 Å². The van der Waals surface area contributed by atoms with Crippen molar-refractivity contribution in [2.75, 3.05) is 51.8 Å². The summed E-state index contributed by atoms with van der Waals surface area (Å²) in [5.41, 5.74) is 1.99. The summed E-state index contributed by atoms with van der Waals surface area (Å²) < 4.78 is 9.99. The Hall–Kier alpha value is -1.92. The van der Waals surface area contributed by atoms with Gasteiger partial charge in [-0.2, -0.15) is 0 Å². The SMILES string of the molecule is COC(=O)c1ccc(NCCN2CCOCC2)c(C=N)c1. The number of ether oxygens (including phenoxy) is 2. The molecule has 2 rings (SSSR count). The van der Waals surface area contributed by atoms with Crippen molar-refractivity contribution in [3.8, 4) is 0 Å². The van der Waals surface area contributed by atoms with Gasteiger partial charge in [0.1, 0.15) is 0 Å². The molecular weight excluding hydrogens is 270 g/mol. The minimum atomic E-state index is -0.391. The van der Waals surface area contributed by atoms with E-state index in [2.05, 4.69) is 15.0 Å². The molecule has 0 unspecified atom stereocenters. The molecule has 0 amide bonds. The van der Waals surface area contributed by atoms with E-state index in [4.69, 9.17) is 10.1 Å². The summed E-state index contributed by atoms with van der Waals surface area (Å²) in [5, 5.41) is 10.8. The fraction of sp³-hybridized carbons (Fsp3) is 0.467. The van der Waals surface area contributed by atoms with E-state index in [0.29, 0.717) is 11.1 Å². The normalized spacial score (nSPS) is 15.5. The zero-order valence-electron chi connectivity index (χ0n) is 12.2. The number of benzene rings is 1. The van der Waals surface area contributed by atoms with Crippen molar-refractivity contribution >= 4 is 17.9 Å². The fourth-order valence-electron chi connectivity index (χ4n) is 2.26. The second-order valence-electron chi connectivity index (χ2n) is 4.82. The van der Waals surface area contributed by atoms with Crippen LogP contribution in [0.3, 0.4) is 0 Å². The van der Waals surface area contributed by atoms with E-state index in [1.54, 1.807) is 12.1 Å². The van der Waals surface area contributed by atoms with Crippen molar-refractivity contribution in [2.24, 2.45) is 0 Å². The second-order valence-corrected chi connectivity index (χ2v) is 4.82. The third kappa shape index (κ3) is 4.27. The molecule has 114 valence electrons. The number of hydrogen-bond acceptors (Lipinski definition) is 6. The van der Waals surface area contributed by atoms with Crippen molar-refractivity contribution in [2.45, 2.75) is 0 Å². The van der Waals surface area contributed by atoms with Gasteiger partial charge in [-0.1, -0.05) is 0 Å². The molecule has 6 heteroatoms. The summed E-state index contributed by atoms with van der Waals surface area (Å²) in [5.74, 6) is -0.391. The topological polar surface area (TPSA) is 74.7 Å². The number of rotatable bonds is 6. The van der Waals surface area contributed by atoms with E-state index in [9.17, 15) is 4.79 Å². The Balaban J connectivity index is 1.92. The monoisotopic (exact) mass is 291 g/mol. The number of morpholine rings is 1. The molecule has 0 aliphatic carbocycles. The molecule has 0 bridgehead atoms. The van der Waals surface area contributed by atoms with Gasteiger partial charge in [0.2, 0.25) is 0 Å². The van der Waals surface area contributed by atoms with Gasteiger partial charge in [0.05, 0.1) is 25.9 Å². The maximum absolute atomic E-state index is 11.5. The van der Waals surface area contributed by atoms with Crippen LogP contribution in [-0.2, 0) is 9.47 Å². The number of methoxy groups -OCH3 is 1. The van der Waals surface area contributed by atoms with E-state index < -0.39 is 5.97 Å². The summed E-state index contributed by atoms with van der Waals surface area (Å²) in [4.78, 5) is 13.8. The molecule has 0 atom stereocenters. The number of esters is 1. The fourth-order valence-corrected chi connectivity index (χ4v) is 2.26. The lowest BCUT2D eigenvalue weighted by atomic mass is 10.1. The molecule has 2 N–H and O–H groups in total. The molecule has 1 aliphatic rings. The van der Waals surface area contributed by atoms with Gasteiger partial charge in [0.25, 0.3) is 0 Å². The maximum Gasteiger partial charge on any atom is 0.337 e. The van der Waals surface area contributed by atoms with Crippen LogP contribution in [0.2, 0.25) is 0 Å². The van der Waals surface area contributed by atoms with Gasteiger partial charge in [0, 0.05) is 43.6 Å². The van der Waals surface area contributed by atoms with Crippen LogP contribution in [0.15, 0.2) is 18.2 Å². The quantitative estimate of drug-likeness (QED) is 0.609. The number of carbonyl (C=O) groups is 1. The Bertz CT molecular complexity index is 499. The molecule has 6 nitrogen and oxygen atoms in total. The molecule has 21 heavy (non-hydrogen) atoms. The molecule has 1 aliphatic heterocycles. The minimum absolute atomic E-state index is 0.391. The van der Waals surface area contributed by atoms with Gasteiger partial charge >= 0.3 is 5.97 Å². The minimum Gasteiger partial charge on any atom is -0.465 e. The number of hydrogen-bond donors (Lipinski definition) is 2. The van der Waals surface area contributed by atoms with Crippen LogP contribution < -0.4 is 5.32 Å². The van der Waals surface area contributed by atoms with E-state index in [1.165, 1.54) is 13.3 Å². The van der Waals surface area contributed by atoms with Crippen LogP contribution in [-0.4, -0.2) is 63.6 Å². The van der Waals surface area contributed by atoms with E-state index in [0.717, 1.165) is 45.1 Å². The van der Waals surface area contributed by atoms with Crippen LogP contribution in [0, 0.1) is 5.41 Å².